The normalized spacial score (nSPS) is 10.7. The van der Waals surface area contributed by atoms with Gasteiger partial charge in [0, 0.05) is 10.2 Å². The molecule has 4 aromatic rings. The Balaban J connectivity index is 1.67. The minimum absolute atomic E-state index is 0.171. The smallest absolute Gasteiger partial charge is 0.390 e. The van der Waals surface area contributed by atoms with E-state index in [1.165, 1.54) is 0 Å². The third-order valence-corrected chi connectivity index (χ3v) is 2.85. The zero-order valence-electron chi connectivity index (χ0n) is 12.9. The van der Waals surface area contributed by atoms with Crippen molar-refractivity contribution < 1.29 is 9.85 Å². The molecule has 4 N–H and O–H groups in total. The molecule has 0 atom stereocenters. The molecule has 142 valence electrons. The summed E-state index contributed by atoms with van der Waals surface area (Å²) >= 11 is 0. The van der Waals surface area contributed by atoms with Crippen molar-refractivity contribution in [1.29, 1.82) is 0 Å². The second-order valence-corrected chi connectivity index (χ2v) is 4.48. The standard InChI is InChI=1S/C6H4N18O4/c25-23(26)3-7-1(21(15-3)5-11-17-18-12-5)9-10-2-8-4(24(27)28)16-22(2)6-13-19-20-14-6/h(H,7,9,15)(H,8,10,16)(H,11,12,17,18)(H,13,14,19,20). The number of nitrogens with zero attached hydrogens (tertiary/aromatic N) is 14. The van der Waals surface area contributed by atoms with E-state index in [2.05, 4.69) is 72.3 Å². The molecule has 0 fully saturated rings. The molecule has 0 bridgehead atoms. The number of hydrogen-bond donors (Lipinski definition) is 4. The number of anilines is 2. The van der Waals surface area contributed by atoms with Crippen LogP contribution in [-0.2, 0) is 0 Å². The highest BCUT2D eigenvalue weighted by molar-refractivity contribution is 5.43. The van der Waals surface area contributed by atoms with Crippen LogP contribution in [0.3, 0.4) is 0 Å². The molecular weight excluding hydrogens is 388 g/mol. The van der Waals surface area contributed by atoms with Crippen LogP contribution in [0.5, 0.6) is 0 Å². The lowest BCUT2D eigenvalue weighted by molar-refractivity contribution is -0.394. The summed E-state index contributed by atoms with van der Waals surface area (Å²) in [5.74, 6) is -2.43. The van der Waals surface area contributed by atoms with Crippen LogP contribution in [0.2, 0.25) is 0 Å². The molecule has 0 aliphatic rings. The van der Waals surface area contributed by atoms with Crippen molar-refractivity contribution in [2.45, 2.75) is 0 Å². The van der Waals surface area contributed by atoms with Gasteiger partial charge in [0.05, 0.1) is 0 Å². The first-order valence-corrected chi connectivity index (χ1v) is 6.75. The second kappa shape index (κ2) is 6.28. The maximum atomic E-state index is 10.9. The Labute approximate surface area is 148 Å². The van der Waals surface area contributed by atoms with Crippen molar-refractivity contribution in [3.8, 4) is 11.9 Å². The van der Waals surface area contributed by atoms with Gasteiger partial charge in [0.25, 0.3) is 0 Å². The van der Waals surface area contributed by atoms with E-state index < -0.39 is 21.7 Å². The number of tetrazole rings is 2. The Morgan fingerprint density at radius 3 is 1.54 bits per heavy atom. The Morgan fingerprint density at radius 2 is 1.21 bits per heavy atom. The molecule has 4 heterocycles. The predicted octanol–water partition coefficient (Wildman–Crippen LogP) is -2.87. The van der Waals surface area contributed by atoms with Crippen molar-refractivity contribution in [1.82, 2.24) is 70.8 Å². The van der Waals surface area contributed by atoms with Gasteiger partial charge in [-0.15, -0.1) is 10.2 Å². The quantitative estimate of drug-likeness (QED) is 0.181. The number of aromatic amines is 2. The Kier molecular flexibility index (Phi) is 3.65. The lowest BCUT2D eigenvalue weighted by Gasteiger charge is -2.01. The molecule has 22 heteroatoms. The fourth-order valence-corrected chi connectivity index (χ4v) is 1.80. The lowest BCUT2D eigenvalue weighted by Crippen LogP contribution is -2.18. The van der Waals surface area contributed by atoms with E-state index in [1.54, 1.807) is 0 Å². The SMILES string of the molecule is O=[N+]([O-])c1nc(NNc2nc([N+](=O)[O-])nn2-c2nn[nH]n2)n(-c2nn[nH]n2)n1. The van der Waals surface area contributed by atoms with Crippen LogP contribution in [0.1, 0.15) is 0 Å². The molecule has 22 nitrogen and oxygen atoms in total. The van der Waals surface area contributed by atoms with Crippen molar-refractivity contribution in [3.05, 3.63) is 20.2 Å². The molecule has 0 aliphatic carbocycles. The van der Waals surface area contributed by atoms with Gasteiger partial charge in [0.1, 0.15) is 0 Å². The van der Waals surface area contributed by atoms with Gasteiger partial charge in [-0.2, -0.15) is 10.4 Å². The molecule has 0 aromatic carbocycles. The monoisotopic (exact) mass is 392 g/mol. The van der Waals surface area contributed by atoms with E-state index in [0.29, 0.717) is 0 Å². The van der Waals surface area contributed by atoms with Gasteiger partial charge in [-0.3, -0.25) is 0 Å². The summed E-state index contributed by atoms with van der Waals surface area (Å²) in [6.07, 6.45) is 0. The largest absolute Gasteiger partial charge is 0.493 e. The zero-order chi connectivity index (χ0) is 19.7. The molecule has 0 amide bonds. The highest BCUT2D eigenvalue weighted by atomic mass is 16.6. The number of H-pyrrole nitrogens is 2. The molecule has 4 aromatic heterocycles. The Bertz CT molecular complexity index is 1030. The molecule has 0 spiro atoms. The van der Waals surface area contributed by atoms with Gasteiger partial charge in [0.2, 0.25) is 0 Å². The van der Waals surface area contributed by atoms with E-state index in [1.807, 2.05) is 0 Å². The van der Waals surface area contributed by atoms with E-state index in [4.69, 9.17) is 0 Å². The average molecular weight is 392 g/mol. The summed E-state index contributed by atoms with van der Waals surface area (Å²) in [6, 6.07) is 0. The van der Waals surface area contributed by atoms with Gasteiger partial charge in [-0.25, -0.2) is 10.9 Å². The van der Waals surface area contributed by atoms with Crippen LogP contribution in [-0.4, -0.2) is 80.6 Å². The number of nitrogens with one attached hydrogen (secondary N) is 4. The Morgan fingerprint density at radius 1 is 0.786 bits per heavy atom. The van der Waals surface area contributed by atoms with Crippen molar-refractivity contribution in [2.75, 3.05) is 10.9 Å². The molecule has 0 saturated heterocycles. The first-order valence-electron chi connectivity index (χ1n) is 6.75. The molecule has 0 aliphatic heterocycles. The van der Waals surface area contributed by atoms with Crippen LogP contribution >= 0.6 is 0 Å². The third-order valence-electron chi connectivity index (χ3n) is 2.85. The van der Waals surface area contributed by atoms with Crippen molar-refractivity contribution in [2.24, 2.45) is 0 Å². The van der Waals surface area contributed by atoms with Gasteiger partial charge in [-0.1, -0.05) is 19.6 Å². The van der Waals surface area contributed by atoms with Gasteiger partial charge < -0.3 is 20.2 Å². The summed E-state index contributed by atoms with van der Waals surface area (Å²) in [5, 5.41) is 54.5. The fraction of sp³-hybridized carbons (Fsp3) is 0. The highest BCUT2D eigenvalue weighted by Crippen LogP contribution is 2.17. The van der Waals surface area contributed by atoms with Gasteiger partial charge >= 0.3 is 35.7 Å². The third kappa shape index (κ3) is 2.82. The van der Waals surface area contributed by atoms with E-state index in [9.17, 15) is 20.2 Å². The van der Waals surface area contributed by atoms with Gasteiger partial charge in [-0.05, 0) is 30.2 Å². The maximum Gasteiger partial charge on any atom is 0.493 e. The van der Waals surface area contributed by atoms with E-state index in [0.717, 1.165) is 9.36 Å². The van der Waals surface area contributed by atoms with Crippen LogP contribution < -0.4 is 10.9 Å². The topological polar surface area (TPSA) is 281 Å². The number of rotatable bonds is 7. The minimum Gasteiger partial charge on any atom is -0.390 e. The number of nitro groups is 2. The summed E-state index contributed by atoms with van der Waals surface area (Å²) < 4.78 is 1.69. The van der Waals surface area contributed by atoms with Gasteiger partial charge in [0.15, 0.2) is 0 Å². The molecule has 0 unspecified atom stereocenters. The summed E-state index contributed by atoms with van der Waals surface area (Å²) in [7, 11) is 0. The van der Waals surface area contributed by atoms with Crippen LogP contribution in [0.4, 0.5) is 23.8 Å². The number of hydrogen-bond acceptors (Lipinski definition) is 16. The average Bonchev–Trinajstić information content (AvgIpc) is 3.46. The fourth-order valence-electron chi connectivity index (χ4n) is 1.80. The molecule has 0 radical (unpaired) electrons. The summed E-state index contributed by atoms with van der Waals surface area (Å²) in [4.78, 5) is 27.4. The van der Waals surface area contributed by atoms with Crippen LogP contribution in [0.15, 0.2) is 0 Å². The molecular formula is C6H4N18O4. The first-order chi connectivity index (χ1) is 13.5. The summed E-state index contributed by atoms with van der Waals surface area (Å²) in [6.45, 7) is 0. The lowest BCUT2D eigenvalue weighted by atomic mass is 10.9. The van der Waals surface area contributed by atoms with Crippen molar-refractivity contribution in [3.63, 3.8) is 0 Å². The predicted molar refractivity (Wildman–Crippen MR) is 78.7 cm³/mol. The Hall–Kier alpha value is -5.18. The van der Waals surface area contributed by atoms with Crippen LogP contribution in [0, 0.1) is 20.2 Å². The van der Waals surface area contributed by atoms with Crippen LogP contribution in [0.25, 0.3) is 11.9 Å². The van der Waals surface area contributed by atoms with E-state index in [-0.39, 0.29) is 23.8 Å². The highest BCUT2D eigenvalue weighted by Gasteiger charge is 2.28. The molecule has 4 rings (SSSR count). The zero-order valence-corrected chi connectivity index (χ0v) is 12.9. The first kappa shape index (κ1) is 16.3. The second-order valence-electron chi connectivity index (χ2n) is 4.48. The minimum atomic E-state index is -0.853. The van der Waals surface area contributed by atoms with Crippen molar-refractivity contribution >= 4 is 23.8 Å². The summed E-state index contributed by atoms with van der Waals surface area (Å²) in [5.41, 5.74) is 4.86. The number of aromatic nitrogens is 14. The molecule has 28 heavy (non-hydrogen) atoms. The maximum absolute atomic E-state index is 10.9. The molecule has 0 saturated carbocycles. The number of hydrazine groups is 1. The van der Waals surface area contributed by atoms with E-state index >= 15 is 0 Å².